The lowest BCUT2D eigenvalue weighted by molar-refractivity contribution is 0.136. The van der Waals surface area contributed by atoms with E-state index in [0.717, 1.165) is 13.0 Å². The van der Waals surface area contributed by atoms with Gasteiger partial charge in [-0.2, -0.15) is 0 Å². The van der Waals surface area contributed by atoms with Gasteiger partial charge in [0.2, 0.25) is 10.0 Å². The van der Waals surface area contributed by atoms with E-state index in [1.165, 1.54) is 18.4 Å². The Morgan fingerprint density at radius 3 is 2.86 bits per heavy atom. The summed E-state index contributed by atoms with van der Waals surface area (Å²) in [6, 6.07) is 8.19. The van der Waals surface area contributed by atoms with Gasteiger partial charge in [-0.15, -0.1) is 0 Å². The molecule has 2 rings (SSSR count). The van der Waals surface area contributed by atoms with Crippen LogP contribution >= 0.6 is 0 Å². The van der Waals surface area contributed by atoms with Crippen LogP contribution in [0.4, 0.5) is 5.69 Å². The van der Waals surface area contributed by atoms with Crippen LogP contribution in [0.25, 0.3) is 0 Å². The number of anilines is 1. The highest BCUT2D eigenvalue weighted by Crippen LogP contribution is 2.33. The smallest absolute Gasteiger partial charge is 0.214 e. The maximum absolute atomic E-state index is 12.0. The van der Waals surface area contributed by atoms with E-state index < -0.39 is 10.0 Å². The molecule has 5 nitrogen and oxygen atoms in total. The van der Waals surface area contributed by atoms with E-state index in [-0.39, 0.29) is 17.8 Å². The number of hydrogen-bond acceptors (Lipinski definition) is 4. The fraction of sp³-hybridized carbons (Fsp3) is 0.600. The first-order chi connectivity index (χ1) is 9.93. The van der Waals surface area contributed by atoms with Crippen molar-refractivity contribution in [1.82, 2.24) is 4.72 Å². The van der Waals surface area contributed by atoms with Crippen LogP contribution in [0, 0.1) is 0 Å². The average molecular weight is 312 g/mol. The fourth-order valence-corrected chi connectivity index (χ4v) is 4.01. The lowest BCUT2D eigenvalue weighted by Crippen LogP contribution is -2.37. The molecule has 0 spiro atoms. The lowest BCUT2D eigenvalue weighted by atomic mass is 9.90. The van der Waals surface area contributed by atoms with E-state index in [1.807, 2.05) is 12.1 Å². The molecule has 1 aromatic carbocycles. The molecule has 0 saturated heterocycles. The van der Waals surface area contributed by atoms with Crippen molar-refractivity contribution in [3.05, 3.63) is 29.8 Å². The predicted molar refractivity (Wildman–Crippen MR) is 85.3 cm³/mol. The SMILES string of the molecule is CO[C@H](C)CS(=O)(=O)NC[C@@H]1CCN(C)c2ccccc21. The van der Waals surface area contributed by atoms with E-state index in [0.29, 0.717) is 6.54 Å². The molecular weight excluding hydrogens is 288 g/mol. The van der Waals surface area contributed by atoms with Crippen LogP contribution in [0.1, 0.15) is 24.8 Å². The highest BCUT2D eigenvalue weighted by atomic mass is 32.2. The monoisotopic (exact) mass is 312 g/mol. The minimum absolute atomic E-state index is 0.00221. The summed E-state index contributed by atoms with van der Waals surface area (Å²) in [6.07, 6.45) is 0.655. The van der Waals surface area contributed by atoms with Gasteiger partial charge in [-0.25, -0.2) is 13.1 Å². The van der Waals surface area contributed by atoms with Crippen LogP contribution in [-0.2, 0) is 14.8 Å². The number of para-hydroxylation sites is 1. The normalized spacial score (nSPS) is 20.1. The molecule has 1 aliphatic heterocycles. The summed E-state index contributed by atoms with van der Waals surface area (Å²) in [5.74, 6) is 0.225. The topological polar surface area (TPSA) is 58.6 Å². The largest absolute Gasteiger partial charge is 0.381 e. The number of ether oxygens (including phenoxy) is 1. The molecule has 6 heteroatoms. The van der Waals surface area contributed by atoms with Crippen molar-refractivity contribution in [2.45, 2.75) is 25.4 Å². The molecule has 1 aromatic rings. The van der Waals surface area contributed by atoms with Crippen molar-refractivity contribution in [3.8, 4) is 0 Å². The number of methoxy groups -OCH3 is 1. The zero-order valence-corrected chi connectivity index (χ0v) is 13.7. The molecule has 0 unspecified atom stereocenters. The second-order valence-electron chi connectivity index (χ2n) is 5.64. The van der Waals surface area contributed by atoms with E-state index in [2.05, 4.69) is 28.8 Å². The van der Waals surface area contributed by atoms with Crippen LogP contribution in [0.2, 0.25) is 0 Å². The number of nitrogens with zero attached hydrogens (tertiary/aromatic N) is 1. The maximum atomic E-state index is 12.0. The maximum Gasteiger partial charge on any atom is 0.214 e. The Kier molecular flexibility index (Phi) is 5.24. The van der Waals surface area contributed by atoms with Gasteiger partial charge in [0.15, 0.2) is 0 Å². The van der Waals surface area contributed by atoms with E-state index in [4.69, 9.17) is 4.74 Å². The third-order valence-corrected chi connectivity index (χ3v) is 5.52. The molecule has 0 saturated carbocycles. The van der Waals surface area contributed by atoms with Crippen molar-refractivity contribution < 1.29 is 13.2 Å². The first kappa shape index (κ1) is 16.3. The second-order valence-corrected chi connectivity index (χ2v) is 7.49. The molecular formula is C15H24N2O3S. The minimum atomic E-state index is -3.30. The summed E-state index contributed by atoms with van der Waals surface area (Å²) in [7, 11) is 0.293. The number of nitrogens with one attached hydrogen (secondary N) is 1. The number of sulfonamides is 1. The average Bonchev–Trinajstić information content (AvgIpc) is 2.46. The van der Waals surface area contributed by atoms with E-state index >= 15 is 0 Å². The molecule has 0 fully saturated rings. The molecule has 2 atom stereocenters. The molecule has 1 N–H and O–H groups in total. The molecule has 0 amide bonds. The second kappa shape index (κ2) is 6.77. The minimum Gasteiger partial charge on any atom is -0.381 e. The number of hydrogen-bond donors (Lipinski definition) is 1. The molecule has 0 radical (unpaired) electrons. The van der Waals surface area contributed by atoms with E-state index in [1.54, 1.807) is 6.92 Å². The number of rotatable bonds is 6. The highest BCUT2D eigenvalue weighted by molar-refractivity contribution is 7.89. The fourth-order valence-electron chi connectivity index (χ4n) is 2.68. The van der Waals surface area contributed by atoms with Crippen molar-refractivity contribution in [2.75, 3.05) is 37.9 Å². The number of fused-ring (bicyclic) bond motifs is 1. The highest BCUT2D eigenvalue weighted by Gasteiger charge is 2.24. The Labute approximate surface area is 127 Å². The van der Waals surface area contributed by atoms with Gasteiger partial charge in [-0.3, -0.25) is 0 Å². The molecule has 1 heterocycles. The molecule has 0 aliphatic carbocycles. The summed E-state index contributed by atoms with van der Waals surface area (Å²) in [6.45, 7) is 3.14. The Morgan fingerprint density at radius 2 is 2.14 bits per heavy atom. The summed E-state index contributed by atoms with van der Waals surface area (Å²) in [5.41, 5.74) is 2.41. The Balaban J connectivity index is 2.03. The molecule has 0 aromatic heterocycles. The summed E-state index contributed by atoms with van der Waals surface area (Å²) >= 11 is 0. The van der Waals surface area contributed by atoms with Crippen LogP contribution < -0.4 is 9.62 Å². The van der Waals surface area contributed by atoms with Gasteiger partial charge in [0.25, 0.3) is 0 Å². The van der Waals surface area contributed by atoms with Gasteiger partial charge in [-0.1, -0.05) is 18.2 Å². The summed E-state index contributed by atoms with van der Waals surface area (Å²) in [4.78, 5) is 2.22. The third-order valence-electron chi connectivity index (χ3n) is 4.01. The quantitative estimate of drug-likeness (QED) is 0.866. The van der Waals surface area contributed by atoms with Gasteiger partial charge >= 0.3 is 0 Å². The van der Waals surface area contributed by atoms with Crippen LogP contribution in [-0.4, -0.2) is 47.5 Å². The van der Waals surface area contributed by atoms with Gasteiger partial charge < -0.3 is 9.64 Å². The predicted octanol–water partition coefficient (Wildman–Crippen LogP) is 1.56. The Hall–Kier alpha value is -1.11. The Morgan fingerprint density at radius 1 is 1.43 bits per heavy atom. The summed E-state index contributed by atoms with van der Waals surface area (Å²) < 4.78 is 31.8. The van der Waals surface area contributed by atoms with Gasteiger partial charge in [0.05, 0.1) is 11.9 Å². The summed E-state index contributed by atoms with van der Waals surface area (Å²) in [5, 5.41) is 0. The zero-order chi connectivity index (χ0) is 15.5. The molecule has 118 valence electrons. The lowest BCUT2D eigenvalue weighted by Gasteiger charge is -2.33. The van der Waals surface area contributed by atoms with Crippen molar-refractivity contribution in [1.29, 1.82) is 0 Å². The molecule has 0 bridgehead atoms. The molecule has 1 aliphatic rings. The van der Waals surface area contributed by atoms with Crippen molar-refractivity contribution in [2.24, 2.45) is 0 Å². The van der Waals surface area contributed by atoms with Gasteiger partial charge in [0, 0.05) is 38.9 Å². The number of benzene rings is 1. The van der Waals surface area contributed by atoms with Crippen molar-refractivity contribution in [3.63, 3.8) is 0 Å². The Bertz CT molecular complexity index is 574. The van der Waals surface area contributed by atoms with Crippen LogP contribution in [0.5, 0.6) is 0 Å². The zero-order valence-electron chi connectivity index (χ0n) is 12.9. The first-order valence-corrected chi connectivity index (χ1v) is 8.88. The van der Waals surface area contributed by atoms with Crippen molar-refractivity contribution >= 4 is 15.7 Å². The van der Waals surface area contributed by atoms with Crippen LogP contribution in [0.15, 0.2) is 24.3 Å². The van der Waals surface area contributed by atoms with Crippen LogP contribution in [0.3, 0.4) is 0 Å². The van der Waals surface area contributed by atoms with Gasteiger partial charge in [0.1, 0.15) is 0 Å². The molecule has 21 heavy (non-hydrogen) atoms. The standard InChI is InChI=1S/C15H24N2O3S/c1-12(20-3)11-21(18,19)16-10-13-8-9-17(2)15-7-5-4-6-14(13)15/h4-7,12-13,16H,8-11H2,1-3H3/t12-,13+/m1/s1. The third kappa shape index (κ3) is 4.18. The van der Waals surface area contributed by atoms with E-state index in [9.17, 15) is 8.42 Å². The van der Waals surface area contributed by atoms with Gasteiger partial charge in [-0.05, 0) is 25.0 Å². The first-order valence-electron chi connectivity index (χ1n) is 7.23.